The number of primary amides is 1. The van der Waals surface area contributed by atoms with Crippen molar-refractivity contribution in [2.45, 2.75) is 12.4 Å². The summed E-state index contributed by atoms with van der Waals surface area (Å²) in [7, 11) is 0. The van der Waals surface area contributed by atoms with Crippen molar-refractivity contribution in [2.75, 3.05) is 0 Å². The number of pyridine rings is 2. The fourth-order valence-electron chi connectivity index (χ4n) is 2.48. The summed E-state index contributed by atoms with van der Waals surface area (Å²) < 4.78 is 78.0. The van der Waals surface area contributed by atoms with E-state index in [1.807, 2.05) is 0 Å². The highest BCUT2D eigenvalue weighted by atomic mass is 19.4. The molecule has 0 bridgehead atoms. The maximum atomic E-state index is 13.0. The molecular weight excluding hydrogens is 390 g/mol. The molecule has 3 heterocycles. The molecule has 3 N–H and O–H groups in total. The Balaban J connectivity index is 2.18. The van der Waals surface area contributed by atoms with Crippen molar-refractivity contribution in [3.8, 4) is 11.1 Å². The Bertz CT molecular complexity index is 1050. The first-order valence-electron chi connectivity index (χ1n) is 7.56. The molecule has 0 aliphatic rings. The van der Waals surface area contributed by atoms with Crippen molar-refractivity contribution in [2.24, 2.45) is 5.73 Å². The molecule has 5 nitrogen and oxygen atoms in total. The zero-order valence-electron chi connectivity index (χ0n) is 13.7. The molecule has 0 radical (unpaired) electrons. The summed E-state index contributed by atoms with van der Waals surface area (Å²) in [4.78, 5) is 20.3. The maximum Gasteiger partial charge on any atom is 0.433 e. The van der Waals surface area contributed by atoms with Crippen molar-refractivity contribution < 1.29 is 31.1 Å². The molecule has 1 amide bonds. The normalized spacial score (nSPS) is 12.8. The van der Waals surface area contributed by atoms with Crippen molar-refractivity contribution in [3.05, 3.63) is 53.6 Å². The largest absolute Gasteiger partial charge is 0.433 e. The third-order valence-electron chi connectivity index (χ3n) is 3.73. The molecular formula is C17H10F6N4O. The number of nitrogens with zero attached hydrogens (tertiary/aromatic N) is 2. The Morgan fingerprint density at radius 3 is 2.14 bits per heavy atom. The summed E-state index contributed by atoms with van der Waals surface area (Å²) in [6.45, 7) is 0. The number of alkyl halides is 6. The summed E-state index contributed by atoms with van der Waals surface area (Å²) in [5.74, 6) is -0.725. The number of halogens is 6. The van der Waals surface area contributed by atoms with Gasteiger partial charge in [-0.15, -0.1) is 0 Å². The van der Waals surface area contributed by atoms with Crippen molar-refractivity contribution in [1.82, 2.24) is 15.0 Å². The van der Waals surface area contributed by atoms with Gasteiger partial charge in [-0.3, -0.25) is 4.79 Å². The summed E-state index contributed by atoms with van der Waals surface area (Å²) in [6.07, 6.45) is -5.10. The van der Waals surface area contributed by atoms with Crippen LogP contribution in [0.4, 0.5) is 26.3 Å². The molecule has 0 saturated heterocycles. The molecule has 0 aliphatic carbocycles. The van der Waals surface area contributed by atoms with E-state index >= 15 is 0 Å². The van der Waals surface area contributed by atoms with E-state index < -0.39 is 29.6 Å². The van der Waals surface area contributed by atoms with E-state index in [1.54, 1.807) is 0 Å². The van der Waals surface area contributed by atoms with Crippen molar-refractivity contribution in [1.29, 1.82) is 0 Å². The molecule has 3 aromatic heterocycles. The standard InChI is InChI=1S/C17H10F6N4O/c18-16(19,20)12-4-9(5-13(27-12)17(21,22)23)10-3-11-8(1-2-14(24)28)6-25-15(11)26-7-10/h1-7H,(H2,24,28)(H,25,26)/b2-1+. The highest BCUT2D eigenvalue weighted by molar-refractivity contribution is 5.95. The topological polar surface area (TPSA) is 84.7 Å². The molecule has 0 aliphatic heterocycles. The number of rotatable bonds is 3. The molecule has 3 aromatic rings. The lowest BCUT2D eigenvalue weighted by molar-refractivity contribution is -0.150. The van der Waals surface area contributed by atoms with E-state index in [1.165, 1.54) is 18.3 Å². The molecule has 0 aromatic carbocycles. The smallest absolute Gasteiger partial charge is 0.366 e. The fraction of sp³-hybridized carbons (Fsp3) is 0.118. The maximum absolute atomic E-state index is 13.0. The quantitative estimate of drug-likeness (QED) is 0.512. The minimum atomic E-state index is -5.06. The van der Waals surface area contributed by atoms with Crippen LogP contribution in [0, 0.1) is 0 Å². The number of nitrogens with one attached hydrogen (secondary N) is 1. The van der Waals surface area contributed by atoms with Gasteiger partial charge in [-0.2, -0.15) is 26.3 Å². The van der Waals surface area contributed by atoms with E-state index in [4.69, 9.17) is 5.73 Å². The first kappa shape index (κ1) is 19.4. The van der Waals surface area contributed by atoms with Gasteiger partial charge < -0.3 is 10.7 Å². The number of hydrogen-bond donors (Lipinski definition) is 2. The second kappa shape index (κ2) is 6.66. The van der Waals surface area contributed by atoms with Crippen LogP contribution < -0.4 is 5.73 Å². The molecule has 11 heteroatoms. The second-order valence-electron chi connectivity index (χ2n) is 5.72. The van der Waals surface area contributed by atoms with Gasteiger partial charge in [0, 0.05) is 35.0 Å². The van der Waals surface area contributed by atoms with Gasteiger partial charge >= 0.3 is 12.4 Å². The number of H-pyrrole nitrogens is 1. The Labute approximate surface area is 152 Å². The Kier molecular flexibility index (Phi) is 4.61. The lowest BCUT2D eigenvalue weighted by Gasteiger charge is -2.13. The van der Waals surface area contributed by atoms with E-state index in [2.05, 4.69) is 15.0 Å². The van der Waals surface area contributed by atoms with Gasteiger partial charge in [0.15, 0.2) is 0 Å². The Hall–Kier alpha value is -3.37. The monoisotopic (exact) mass is 400 g/mol. The van der Waals surface area contributed by atoms with Gasteiger partial charge in [0.05, 0.1) is 0 Å². The van der Waals surface area contributed by atoms with Gasteiger partial charge in [0.25, 0.3) is 0 Å². The minimum absolute atomic E-state index is 0.0132. The zero-order valence-corrected chi connectivity index (χ0v) is 13.7. The average Bonchev–Trinajstić information content (AvgIpc) is 3.00. The van der Waals surface area contributed by atoms with E-state index in [9.17, 15) is 31.1 Å². The van der Waals surface area contributed by atoms with Crippen LogP contribution in [0.2, 0.25) is 0 Å². The van der Waals surface area contributed by atoms with Crippen LogP contribution in [-0.2, 0) is 17.1 Å². The van der Waals surface area contributed by atoms with Crippen LogP contribution in [-0.4, -0.2) is 20.9 Å². The van der Waals surface area contributed by atoms with E-state index in [0.29, 0.717) is 28.7 Å². The minimum Gasteiger partial charge on any atom is -0.366 e. The number of amides is 1. The van der Waals surface area contributed by atoms with E-state index in [-0.39, 0.29) is 11.1 Å². The summed E-state index contributed by atoms with van der Waals surface area (Å²) in [6, 6.07) is 2.39. The summed E-state index contributed by atoms with van der Waals surface area (Å²) in [5.41, 5.74) is 2.11. The number of hydrogen-bond acceptors (Lipinski definition) is 3. The third-order valence-corrected chi connectivity index (χ3v) is 3.73. The van der Waals surface area contributed by atoms with E-state index in [0.717, 1.165) is 12.3 Å². The first-order chi connectivity index (χ1) is 12.9. The highest BCUT2D eigenvalue weighted by Crippen LogP contribution is 2.36. The number of aromatic amines is 1. The summed E-state index contributed by atoms with van der Waals surface area (Å²) >= 11 is 0. The molecule has 0 spiro atoms. The molecule has 3 rings (SSSR count). The second-order valence-corrected chi connectivity index (χ2v) is 5.72. The average molecular weight is 400 g/mol. The van der Waals surface area contributed by atoms with Crippen molar-refractivity contribution in [3.63, 3.8) is 0 Å². The molecule has 146 valence electrons. The molecule has 28 heavy (non-hydrogen) atoms. The number of aromatic nitrogens is 3. The Morgan fingerprint density at radius 2 is 1.61 bits per heavy atom. The third kappa shape index (κ3) is 3.97. The van der Waals surface area contributed by atoms with Crippen LogP contribution in [0.3, 0.4) is 0 Å². The zero-order chi connectivity index (χ0) is 20.7. The molecule has 0 saturated carbocycles. The van der Waals surface area contributed by atoms with Gasteiger partial charge in [-0.25, -0.2) is 9.97 Å². The van der Waals surface area contributed by atoms with Crippen LogP contribution in [0.15, 0.2) is 36.7 Å². The SMILES string of the molecule is NC(=O)/C=C/c1c[nH]c2ncc(-c3cc(C(F)(F)F)nc(C(F)(F)F)c3)cc12. The van der Waals surface area contributed by atoms with Gasteiger partial charge in [-0.05, 0) is 29.8 Å². The van der Waals surface area contributed by atoms with Gasteiger partial charge in [-0.1, -0.05) is 0 Å². The Morgan fingerprint density at radius 1 is 1.00 bits per heavy atom. The predicted octanol–water partition coefficient (Wildman–Crippen LogP) is 4.16. The molecule has 0 unspecified atom stereocenters. The van der Waals surface area contributed by atoms with Crippen LogP contribution >= 0.6 is 0 Å². The first-order valence-corrected chi connectivity index (χ1v) is 7.56. The lowest BCUT2D eigenvalue weighted by atomic mass is 10.0. The van der Waals surface area contributed by atoms with Crippen LogP contribution in [0.1, 0.15) is 17.0 Å². The fourth-order valence-corrected chi connectivity index (χ4v) is 2.48. The number of fused-ring (bicyclic) bond motifs is 1. The number of carbonyl (C=O) groups excluding carboxylic acids is 1. The lowest BCUT2D eigenvalue weighted by Crippen LogP contribution is -2.15. The van der Waals surface area contributed by atoms with Gasteiger partial charge in [0.1, 0.15) is 17.0 Å². The number of carbonyl (C=O) groups is 1. The van der Waals surface area contributed by atoms with Crippen LogP contribution in [0.5, 0.6) is 0 Å². The molecule has 0 atom stereocenters. The summed E-state index contributed by atoms with van der Waals surface area (Å²) in [5, 5.41) is 0.383. The molecule has 0 fully saturated rings. The van der Waals surface area contributed by atoms with Crippen molar-refractivity contribution >= 4 is 23.0 Å². The number of nitrogens with two attached hydrogens (primary N) is 1. The highest BCUT2D eigenvalue weighted by Gasteiger charge is 2.39. The van der Waals surface area contributed by atoms with Gasteiger partial charge in [0.2, 0.25) is 5.91 Å². The van der Waals surface area contributed by atoms with Crippen LogP contribution in [0.25, 0.3) is 28.2 Å². The predicted molar refractivity (Wildman–Crippen MR) is 87.6 cm³/mol.